The van der Waals surface area contributed by atoms with E-state index in [1.807, 2.05) is 0 Å². The summed E-state index contributed by atoms with van der Waals surface area (Å²) in [7, 11) is 1.42. The Morgan fingerprint density at radius 2 is 1.70 bits per heavy atom. The van der Waals surface area contributed by atoms with Gasteiger partial charge in [0.25, 0.3) is 0 Å². The summed E-state index contributed by atoms with van der Waals surface area (Å²) in [6.07, 6.45) is 0. The fourth-order valence-corrected chi connectivity index (χ4v) is 1.96. The van der Waals surface area contributed by atoms with E-state index in [-0.39, 0.29) is 5.56 Å². The standard InChI is InChI=1S/C15H12ClNO3/c1-20-17-14(10-6-8-11(16)9-7-10)12-4-2-3-5-13(12)15(18)19/h2-9H,1H3,(H,18,19)/b17-14+. The Morgan fingerprint density at radius 3 is 2.25 bits per heavy atom. The molecule has 0 saturated carbocycles. The first kappa shape index (κ1) is 14.1. The summed E-state index contributed by atoms with van der Waals surface area (Å²) < 4.78 is 0. The van der Waals surface area contributed by atoms with Crippen molar-refractivity contribution in [2.75, 3.05) is 7.11 Å². The van der Waals surface area contributed by atoms with E-state index in [0.29, 0.717) is 16.3 Å². The zero-order valence-electron chi connectivity index (χ0n) is 10.7. The molecule has 4 nitrogen and oxygen atoms in total. The third-order valence-electron chi connectivity index (χ3n) is 2.71. The molecule has 2 aromatic rings. The smallest absolute Gasteiger partial charge is 0.336 e. The number of benzene rings is 2. The Labute approximate surface area is 121 Å². The van der Waals surface area contributed by atoms with E-state index < -0.39 is 5.97 Å². The van der Waals surface area contributed by atoms with Crippen molar-refractivity contribution in [3.63, 3.8) is 0 Å². The molecule has 0 fully saturated rings. The number of hydrogen-bond donors (Lipinski definition) is 1. The van der Waals surface area contributed by atoms with Gasteiger partial charge in [-0.2, -0.15) is 0 Å². The molecule has 0 radical (unpaired) electrons. The summed E-state index contributed by atoms with van der Waals surface area (Å²) in [4.78, 5) is 16.1. The molecule has 0 unspecified atom stereocenters. The zero-order chi connectivity index (χ0) is 14.5. The van der Waals surface area contributed by atoms with Crippen molar-refractivity contribution in [3.8, 4) is 0 Å². The monoisotopic (exact) mass is 289 g/mol. The quantitative estimate of drug-likeness (QED) is 0.693. The lowest BCUT2D eigenvalue weighted by atomic mass is 9.98. The van der Waals surface area contributed by atoms with Crippen molar-refractivity contribution in [2.45, 2.75) is 0 Å². The van der Waals surface area contributed by atoms with Crippen molar-refractivity contribution < 1.29 is 14.7 Å². The van der Waals surface area contributed by atoms with Crippen LogP contribution >= 0.6 is 11.6 Å². The molecule has 2 aromatic carbocycles. The molecule has 1 N–H and O–H groups in total. The first-order valence-corrected chi connectivity index (χ1v) is 6.21. The molecule has 0 aliphatic rings. The van der Waals surface area contributed by atoms with Crippen LogP contribution in [-0.4, -0.2) is 23.9 Å². The Kier molecular flexibility index (Phi) is 4.38. The largest absolute Gasteiger partial charge is 0.478 e. The highest BCUT2D eigenvalue weighted by Gasteiger charge is 2.16. The van der Waals surface area contributed by atoms with Gasteiger partial charge in [-0.25, -0.2) is 4.79 Å². The maximum Gasteiger partial charge on any atom is 0.336 e. The van der Waals surface area contributed by atoms with Crippen LogP contribution in [0.5, 0.6) is 0 Å². The first-order valence-electron chi connectivity index (χ1n) is 5.83. The van der Waals surface area contributed by atoms with E-state index in [9.17, 15) is 9.90 Å². The number of carbonyl (C=O) groups is 1. The molecule has 0 spiro atoms. The summed E-state index contributed by atoms with van der Waals surface area (Å²) in [5.41, 5.74) is 1.83. The molecule has 5 heteroatoms. The number of oxime groups is 1. The zero-order valence-corrected chi connectivity index (χ0v) is 11.5. The molecule has 2 rings (SSSR count). The lowest BCUT2D eigenvalue weighted by Gasteiger charge is -2.09. The van der Waals surface area contributed by atoms with Crippen LogP contribution in [-0.2, 0) is 4.84 Å². The molecule has 0 aliphatic heterocycles. The number of aromatic carboxylic acids is 1. The van der Waals surface area contributed by atoms with Crippen LogP contribution in [0, 0.1) is 0 Å². The normalized spacial score (nSPS) is 11.2. The summed E-state index contributed by atoms with van der Waals surface area (Å²) in [6, 6.07) is 13.6. The van der Waals surface area contributed by atoms with Crippen LogP contribution in [0.25, 0.3) is 0 Å². The molecule has 0 bridgehead atoms. The Hall–Kier alpha value is -2.33. The van der Waals surface area contributed by atoms with E-state index in [4.69, 9.17) is 16.4 Å². The molecule has 0 saturated heterocycles. The Bertz CT molecular complexity index is 650. The maximum absolute atomic E-state index is 11.3. The van der Waals surface area contributed by atoms with Gasteiger partial charge in [0.2, 0.25) is 0 Å². The molecule has 102 valence electrons. The maximum atomic E-state index is 11.3. The molecule has 0 amide bonds. The van der Waals surface area contributed by atoms with Gasteiger partial charge in [-0.3, -0.25) is 0 Å². The fraction of sp³-hybridized carbons (Fsp3) is 0.0667. The lowest BCUT2D eigenvalue weighted by Crippen LogP contribution is -2.11. The van der Waals surface area contributed by atoms with Gasteiger partial charge >= 0.3 is 5.97 Å². The van der Waals surface area contributed by atoms with Gasteiger partial charge in [0.05, 0.1) is 5.56 Å². The number of halogens is 1. The second-order valence-electron chi connectivity index (χ2n) is 3.98. The molecule has 0 aromatic heterocycles. The van der Waals surface area contributed by atoms with E-state index in [2.05, 4.69) is 5.16 Å². The van der Waals surface area contributed by atoms with Gasteiger partial charge < -0.3 is 9.94 Å². The van der Waals surface area contributed by atoms with Crippen LogP contribution in [0.3, 0.4) is 0 Å². The van der Waals surface area contributed by atoms with Crippen molar-refractivity contribution in [1.82, 2.24) is 0 Å². The van der Waals surface area contributed by atoms with Crippen molar-refractivity contribution in [2.24, 2.45) is 5.16 Å². The highest BCUT2D eigenvalue weighted by molar-refractivity contribution is 6.30. The van der Waals surface area contributed by atoms with Crippen molar-refractivity contribution >= 4 is 23.3 Å². The van der Waals surface area contributed by atoms with E-state index >= 15 is 0 Å². The predicted octanol–water partition coefficient (Wildman–Crippen LogP) is 3.44. The molecule has 0 aliphatic carbocycles. The second kappa shape index (κ2) is 6.21. The van der Waals surface area contributed by atoms with E-state index in [1.54, 1.807) is 42.5 Å². The fourth-order valence-electron chi connectivity index (χ4n) is 1.83. The number of carboxylic acids is 1. The number of carboxylic acid groups (broad SMARTS) is 1. The van der Waals surface area contributed by atoms with Gasteiger partial charge in [-0.1, -0.05) is 47.1 Å². The van der Waals surface area contributed by atoms with Crippen LogP contribution in [0.15, 0.2) is 53.7 Å². The highest BCUT2D eigenvalue weighted by Crippen LogP contribution is 2.18. The van der Waals surface area contributed by atoms with E-state index in [1.165, 1.54) is 13.2 Å². The van der Waals surface area contributed by atoms with Gasteiger partial charge in [0.1, 0.15) is 12.8 Å². The Balaban J connectivity index is 2.58. The van der Waals surface area contributed by atoms with E-state index in [0.717, 1.165) is 5.56 Å². The number of nitrogens with zero attached hydrogens (tertiary/aromatic N) is 1. The average Bonchev–Trinajstić information content (AvgIpc) is 2.46. The van der Waals surface area contributed by atoms with Crippen LogP contribution in [0.1, 0.15) is 21.5 Å². The van der Waals surface area contributed by atoms with Crippen LogP contribution in [0.2, 0.25) is 5.02 Å². The third-order valence-corrected chi connectivity index (χ3v) is 2.96. The van der Waals surface area contributed by atoms with Gasteiger partial charge in [0.15, 0.2) is 0 Å². The van der Waals surface area contributed by atoms with Crippen LogP contribution in [0.4, 0.5) is 0 Å². The number of hydrogen-bond acceptors (Lipinski definition) is 3. The molecular weight excluding hydrogens is 278 g/mol. The van der Waals surface area contributed by atoms with Gasteiger partial charge in [0, 0.05) is 16.1 Å². The Morgan fingerprint density at radius 1 is 1.10 bits per heavy atom. The highest BCUT2D eigenvalue weighted by atomic mass is 35.5. The molecular formula is C15H12ClNO3. The summed E-state index contributed by atoms with van der Waals surface area (Å²) in [6.45, 7) is 0. The molecule has 0 heterocycles. The average molecular weight is 290 g/mol. The third kappa shape index (κ3) is 2.97. The van der Waals surface area contributed by atoms with Crippen LogP contribution < -0.4 is 0 Å². The lowest BCUT2D eigenvalue weighted by molar-refractivity contribution is 0.0696. The first-order chi connectivity index (χ1) is 9.63. The molecule has 0 atom stereocenters. The predicted molar refractivity (Wildman–Crippen MR) is 77.5 cm³/mol. The SMILES string of the molecule is CO/N=C(\c1ccc(Cl)cc1)c1ccccc1C(=O)O. The molecule has 20 heavy (non-hydrogen) atoms. The summed E-state index contributed by atoms with van der Waals surface area (Å²) in [5, 5.41) is 13.8. The van der Waals surface area contributed by atoms with Crippen molar-refractivity contribution in [1.29, 1.82) is 0 Å². The minimum Gasteiger partial charge on any atom is -0.478 e. The topological polar surface area (TPSA) is 58.9 Å². The van der Waals surface area contributed by atoms with Gasteiger partial charge in [-0.15, -0.1) is 0 Å². The summed E-state index contributed by atoms with van der Waals surface area (Å²) in [5.74, 6) is -1.02. The minimum atomic E-state index is -1.02. The minimum absolute atomic E-state index is 0.165. The van der Waals surface area contributed by atoms with Crippen molar-refractivity contribution in [3.05, 3.63) is 70.2 Å². The second-order valence-corrected chi connectivity index (χ2v) is 4.42. The summed E-state index contributed by atoms with van der Waals surface area (Å²) >= 11 is 5.86. The number of rotatable bonds is 4. The van der Waals surface area contributed by atoms with Gasteiger partial charge in [-0.05, 0) is 18.2 Å².